The van der Waals surface area contributed by atoms with E-state index in [1.807, 2.05) is 30.3 Å². The third-order valence-corrected chi connectivity index (χ3v) is 3.90. The lowest BCUT2D eigenvalue weighted by atomic mass is 9.96. The zero-order valence-electron chi connectivity index (χ0n) is 12.2. The summed E-state index contributed by atoms with van der Waals surface area (Å²) >= 11 is 0. The van der Waals surface area contributed by atoms with Gasteiger partial charge in [0, 0.05) is 19.7 Å². The van der Waals surface area contributed by atoms with Crippen LogP contribution in [-0.4, -0.2) is 44.1 Å². The molecule has 2 rings (SSSR count). The lowest BCUT2D eigenvalue weighted by molar-refractivity contribution is 0.0419. The third kappa shape index (κ3) is 4.32. The monoisotopic (exact) mass is 275 g/mol. The van der Waals surface area contributed by atoms with Crippen molar-refractivity contribution in [2.24, 2.45) is 11.7 Å². The number of ether oxygens (including phenoxy) is 1. The number of amidine groups is 1. The number of rotatable bonds is 6. The van der Waals surface area contributed by atoms with Crippen molar-refractivity contribution in [3.8, 4) is 0 Å². The molecule has 0 aliphatic carbocycles. The van der Waals surface area contributed by atoms with Gasteiger partial charge in [-0.2, -0.15) is 0 Å². The summed E-state index contributed by atoms with van der Waals surface area (Å²) < 4.78 is 5.53. The quantitative estimate of drug-likeness (QED) is 0.617. The molecule has 110 valence electrons. The fourth-order valence-electron chi connectivity index (χ4n) is 2.85. The summed E-state index contributed by atoms with van der Waals surface area (Å²) in [6.07, 6.45) is 2.40. The first-order valence-corrected chi connectivity index (χ1v) is 7.32. The molecule has 4 nitrogen and oxygen atoms in total. The van der Waals surface area contributed by atoms with E-state index in [1.165, 1.54) is 6.42 Å². The minimum atomic E-state index is -0.0225. The molecule has 0 aromatic heterocycles. The van der Waals surface area contributed by atoms with Crippen molar-refractivity contribution in [3.63, 3.8) is 0 Å². The standard InChI is InChI=1S/C16H25N3O/c1-19(10-13-6-5-9-20-12-13)11-15(16(17)18)14-7-3-2-4-8-14/h2-4,7-8,13,15H,5-6,9-12H2,1H3,(H3,17,18). The molecule has 4 heteroatoms. The molecule has 2 unspecified atom stereocenters. The van der Waals surface area contributed by atoms with Crippen molar-refractivity contribution in [2.45, 2.75) is 18.8 Å². The molecule has 1 aliphatic heterocycles. The number of nitrogens with one attached hydrogen (secondary N) is 1. The van der Waals surface area contributed by atoms with Crippen LogP contribution in [0.3, 0.4) is 0 Å². The van der Waals surface area contributed by atoms with Crippen LogP contribution >= 0.6 is 0 Å². The van der Waals surface area contributed by atoms with Crippen LogP contribution in [-0.2, 0) is 4.74 Å². The number of nitrogens with zero attached hydrogens (tertiary/aromatic N) is 1. The minimum Gasteiger partial charge on any atom is -0.387 e. The van der Waals surface area contributed by atoms with E-state index in [-0.39, 0.29) is 11.8 Å². The van der Waals surface area contributed by atoms with E-state index < -0.39 is 0 Å². The first-order chi connectivity index (χ1) is 9.66. The third-order valence-electron chi connectivity index (χ3n) is 3.90. The fourth-order valence-corrected chi connectivity index (χ4v) is 2.85. The van der Waals surface area contributed by atoms with Crippen LogP contribution in [0, 0.1) is 11.3 Å². The molecular formula is C16H25N3O. The maximum Gasteiger partial charge on any atom is 0.0995 e. The largest absolute Gasteiger partial charge is 0.387 e. The molecular weight excluding hydrogens is 250 g/mol. The van der Waals surface area contributed by atoms with E-state index in [4.69, 9.17) is 15.9 Å². The van der Waals surface area contributed by atoms with E-state index in [0.717, 1.165) is 38.3 Å². The van der Waals surface area contributed by atoms with Crippen LogP contribution in [0.15, 0.2) is 30.3 Å². The second kappa shape index (κ2) is 7.41. The average molecular weight is 275 g/mol. The van der Waals surface area contributed by atoms with Gasteiger partial charge in [0.2, 0.25) is 0 Å². The van der Waals surface area contributed by atoms with E-state index in [2.05, 4.69) is 11.9 Å². The molecule has 3 N–H and O–H groups in total. The topological polar surface area (TPSA) is 62.3 Å². The maximum atomic E-state index is 7.83. The Balaban J connectivity index is 1.92. The Hall–Kier alpha value is -1.39. The zero-order valence-corrected chi connectivity index (χ0v) is 12.2. The van der Waals surface area contributed by atoms with Crippen molar-refractivity contribution in [2.75, 3.05) is 33.4 Å². The smallest absolute Gasteiger partial charge is 0.0995 e. The summed E-state index contributed by atoms with van der Waals surface area (Å²) in [5.74, 6) is 0.825. The van der Waals surface area contributed by atoms with Crippen molar-refractivity contribution >= 4 is 5.84 Å². The first-order valence-electron chi connectivity index (χ1n) is 7.32. The van der Waals surface area contributed by atoms with Gasteiger partial charge in [0.05, 0.1) is 18.4 Å². The number of nitrogens with two attached hydrogens (primary N) is 1. The van der Waals surface area contributed by atoms with Gasteiger partial charge in [-0.1, -0.05) is 30.3 Å². The summed E-state index contributed by atoms with van der Waals surface area (Å²) in [5, 5.41) is 7.83. The predicted molar refractivity (Wildman–Crippen MR) is 82.1 cm³/mol. The number of likely N-dealkylation sites (N-methyl/N-ethyl adjacent to an activating group) is 1. The second-order valence-electron chi connectivity index (χ2n) is 5.72. The molecule has 1 heterocycles. The van der Waals surface area contributed by atoms with Crippen molar-refractivity contribution in [1.82, 2.24) is 4.90 Å². The average Bonchev–Trinajstić information content (AvgIpc) is 2.46. The second-order valence-corrected chi connectivity index (χ2v) is 5.72. The fraction of sp³-hybridized carbons (Fsp3) is 0.562. The molecule has 0 amide bonds. The van der Waals surface area contributed by atoms with Crippen LogP contribution in [0.2, 0.25) is 0 Å². The molecule has 20 heavy (non-hydrogen) atoms. The highest BCUT2D eigenvalue weighted by Crippen LogP contribution is 2.19. The predicted octanol–water partition coefficient (Wildman–Crippen LogP) is 2.06. The zero-order chi connectivity index (χ0) is 14.4. The van der Waals surface area contributed by atoms with Gasteiger partial charge in [-0.15, -0.1) is 0 Å². The lowest BCUT2D eigenvalue weighted by Crippen LogP contribution is -2.36. The Morgan fingerprint density at radius 3 is 2.80 bits per heavy atom. The van der Waals surface area contributed by atoms with Crippen molar-refractivity contribution < 1.29 is 4.74 Å². The first kappa shape index (κ1) is 15.0. The summed E-state index contributed by atoms with van der Waals surface area (Å²) in [6.45, 7) is 3.56. The maximum absolute atomic E-state index is 7.83. The van der Waals surface area contributed by atoms with Crippen LogP contribution in [0.4, 0.5) is 0 Å². The Morgan fingerprint density at radius 2 is 2.20 bits per heavy atom. The van der Waals surface area contributed by atoms with Gasteiger partial charge in [-0.25, -0.2) is 0 Å². The van der Waals surface area contributed by atoms with Crippen LogP contribution in [0.25, 0.3) is 0 Å². The van der Waals surface area contributed by atoms with Gasteiger partial charge in [0.1, 0.15) is 0 Å². The molecule has 2 atom stereocenters. The van der Waals surface area contributed by atoms with Crippen molar-refractivity contribution in [3.05, 3.63) is 35.9 Å². The van der Waals surface area contributed by atoms with E-state index >= 15 is 0 Å². The molecule has 1 aromatic carbocycles. The molecule has 1 aromatic rings. The van der Waals surface area contributed by atoms with Gasteiger partial charge in [-0.05, 0) is 31.4 Å². The summed E-state index contributed by atoms with van der Waals surface area (Å²) in [6, 6.07) is 10.1. The van der Waals surface area contributed by atoms with Gasteiger partial charge in [0.15, 0.2) is 0 Å². The van der Waals surface area contributed by atoms with Gasteiger partial charge in [-0.3, -0.25) is 5.41 Å². The van der Waals surface area contributed by atoms with Crippen LogP contribution in [0.1, 0.15) is 24.3 Å². The Bertz CT molecular complexity index is 415. The highest BCUT2D eigenvalue weighted by molar-refractivity contribution is 5.84. The van der Waals surface area contributed by atoms with Gasteiger partial charge >= 0.3 is 0 Å². The molecule has 1 saturated heterocycles. The van der Waals surface area contributed by atoms with E-state index in [0.29, 0.717) is 5.92 Å². The number of benzene rings is 1. The Kier molecular flexibility index (Phi) is 5.56. The molecule has 0 saturated carbocycles. The van der Waals surface area contributed by atoms with Gasteiger partial charge < -0.3 is 15.4 Å². The summed E-state index contributed by atoms with van der Waals surface area (Å²) in [4.78, 5) is 2.28. The highest BCUT2D eigenvalue weighted by Gasteiger charge is 2.20. The Labute approximate surface area is 121 Å². The van der Waals surface area contributed by atoms with Crippen LogP contribution in [0.5, 0.6) is 0 Å². The summed E-state index contributed by atoms with van der Waals surface area (Å²) in [5.41, 5.74) is 6.90. The molecule has 0 radical (unpaired) electrons. The molecule has 0 bridgehead atoms. The SMILES string of the molecule is CN(CC1CCCOC1)CC(C(=N)N)c1ccccc1. The van der Waals surface area contributed by atoms with Crippen molar-refractivity contribution in [1.29, 1.82) is 5.41 Å². The van der Waals surface area contributed by atoms with Crippen LogP contribution < -0.4 is 5.73 Å². The Morgan fingerprint density at radius 1 is 1.45 bits per heavy atom. The molecule has 0 spiro atoms. The minimum absolute atomic E-state index is 0.0225. The number of hydrogen-bond acceptors (Lipinski definition) is 3. The molecule has 1 fully saturated rings. The van der Waals surface area contributed by atoms with Gasteiger partial charge in [0.25, 0.3) is 0 Å². The molecule has 1 aliphatic rings. The van der Waals surface area contributed by atoms with E-state index in [1.54, 1.807) is 0 Å². The van der Waals surface area contributed by atoms with E-state index in [9.17, 15) is 0 Å². The highest BCUT2D eigenvalue weighted by atomic mass is 16.5. The number of hydrogen-bond donors (Lipinski definition) is 2. The lowest BCUT2D eigenvalue weighted by Gasteiger charge is -2.29. The normalized spacial score (nSPS) is 20.8. The summed E-state index contributed by atoms with van der Waals surface area (Å²) in [7, 11) is 2.10.